The van der Waals surface area contributed by atoms with E-state index in [4.69, 9.17) is 9.47 Å². The van der Waals surface area contributed by atoms with E-state index in [1.807, 2.05) is 12.1 Å². The molecule has 0 saturated heterocycles. The topological polar surface area (TPSA) is 60.5 Å². The number of rotatable bonds is 6. The van der Waals surface area contributed by atoms with Gasteiger partial charge in [0.15, 0.2) is 11.5 Å². The average molecular weight is 386 g/mol. The maximum absolute atomic E-state index is 13.1. The maximum Gasteiger partial charge on any atom is 0.263 e. The average Bonchev–Trinajstić information content (AvgIpc) is 3.08. The van der Waals surface area contributed by atoms with Gasteiger partial charge >= 0.3 is 0 Å². The number of aromatic nitrogens is 1. The van der Waals surface area contributed by atoms with Gasteiger partial charge in [0.2, 0.25) is 0 Å². The SMILES string of the molecule is COc1ccc(CNC(=O)c2sc(-c3ccc(F)cc3)nc2C)cc1OC. The highest BCUT2D eigenvalue weighted by molar-refractivity contribution is 7.17. The number of nitrogens with one attached hydrogen (secondary N) is 1. The highest BCUT2D eigenvalue weighted by Crippen LogP contribution is 2.29. The van der Waals surface area contributed by atoms with Gasteiger partial charge < -0.3 is 14.8 Å². The van der Waals surface area contributed by atoms with Gasteiger partial charge in [-0.1, -0.05) is 6.07 Å². The number of carbonyl (C=O) groups is 1. The lowest BCUT2D eigenvalue weighted by atomic mass is 10.2. The Labute approximate surface area is 160 Å². The van der Waals surface area contributed by atoms with Crippen molar-refractivity contribution in [3.8, 4) is 22.1 Å². The van der Waals surface area contributed by atoms with Crippen molar-refractivity contribution in [1.29, 1.82) is 0 Å². The first-order valence-electron chi connectivity index (χ1n) is 8.24. The predicted octanol–water partition coefficient (Wildman–Crippen LogP) is 4.20. The minimum Gasteiger partial charge on any atom is -0.493 e. The Morgan fingerprint density at radius 3 is 2.48 bits per heavy atom. The fraction of sp³-hybridized carbons (Fsp3) is 0.200. The van der Waals surface area contributed by atoms with Crippen molar-refractivity contribution in [2.24, 2.45) is 0 Å². The van der Waals surface area contributed by atoms with E-state index in [0.29, 0.717) is 33.6 Å². The number of hydrogen-bond acceptors (Lipinski definition) is 5. The molecule has 0 bridgehead atoms. The molecule has 1 N–H and O–H groups in total. The minimum atomic E-state index is -0.306. The van der Waals surface area contributed by atoms with Gasteiger partial charge in [0, 0.05) is 12.1 Å². The molecule has 0 aliphatic carbocycles. The van der Waals surface area contributed by atoms with E-state index in [1.54, 1.807) is 39.3 Å². The molecule has 2 aromatic carbocycles. The highest BCUT2D eigenvalue weighted by Gasteiger charge is 2.16. The van der Waals surface area contributed by atoms with E-state index in [2.05, 4.69) is 10.3 Å². The van der Waals surface area contributed by atoms with Crippen LogP contribution in [0.2, 0.25) is 0 Å². The van der Waals surface area contributed by atoms with Gasteiger partial charge in [-0.25, -0.2) is 9.37 Å². The molecule has 3 aromatic rings. The molecule has 140 valence electrons. The van der Waals surface area contributed by atoms with Crippen LogP contribution in [0, 0.1) is 12.7 Å². The van der Waals surface area contributed by atoms with Gasteiger partial charge in [-0.3, -0.25) is 4.79 Å². The number of aryl methyl sites for hydroxylation is 1. The molecular weight excluding hydrogens is 367 g/mol. The molecule has 1 aromatic heterocycles. The van der Waals surface area contributed by atoms with Gasteiger partial charge in [-0.2, -0.15) is 0 Å². The number of carbonyl (C=O) groups excluding carboxylic acids is 1. The number of thiazole rings is 1. The van der Waals surface area contributed by atoms with E-state index < -0.39 is 0 Å². The predicted molar refractivity (Wildman–Crippen MR) is 103 cm³/mol. The molecule has 3 rings (SSSR count). The zero-order valence-corrected chi connectivity index (χ0v) is 16.0. The number of halogens is 1. The van der Waals surface area contributed by atoms with Gasteiger partial charge in [0.1, 0.15) is 15.7 Å². The summed E-state index contributed by atoms with van der Waals surface area (Å²) in [7, 11) is 3.14. The maximum atomic E-state index is 13.1. The van der Waals surface area contributed by atoms with E-state index in [1.165, 1.54) is 23.5 Å². The fourth-order valence-corrected chi connectivity index (χ4v) is 3.56. The van der Waals surface area contributed by atoms with Crippen molar-refractivity contribution in [3.05, 3.63) is 64.4 Å². The Bertz CT molecular complexity index is 954. The summed E-state index contributed by atoms with van der Waals surface area (Å²) in [6.07, 6.45) is 0. The van der Waals surface area contributed by atoms with Crippen LogP contribution in [0.5, 0.6) is 11.5 Å². The zero-order chi connectivity index (χ0) is 19.4. The van der Waals surface area contributed by atoms with Crippen LogP contribution < -0.4 is 14.8 Å². The molecule has 1 amide bonds. The van der Waals surface area contributed by atoms with Gasteiger partial charge in [0.05, 0.1) is 19.9 Å². The number of nitrogens with zero attached hydrogens (tertiary/aromatic N) is 1. The Balaban J connectivity index is 1.72. The first-order chi connectivity index (χ1) is 13.0. The molecule has 1 heterocycles. The van der Waals surface area contributed by atoms with E-state index in [-0.39, 0.29) is 11.7 Å². The van der Waals surface area contributed by atoms with Crippen LogP contribution in [0.25, 0.3) is 10.6 Å². The first kappa shape index (κ1) is 18.8. The van der Waals surface area contributed by atoms with Crippen molar-refractivity contribution in [2.45, 2.75) is 13.5 Å². The molecule has 0 atom stereocenters. The van der Waals surface area contributed by atoms with Crippen LogP contribution in [-0.4, -0.2) is 25.1 Å². The highest BCUT2D eigenvalue weighted by atomic mass is 32.1. The smallest absolute Gasteiger partial charge is 0.263 e. The van der Waals surface area contributed by atoms with Gasteiger partial charge in [-0.05, 0) is 48.9 Å². The summed E-state index contributed by atoms with van der Waals surface area (Å²) < 4.78 is 23.6. The number of amides is 1. The van der Waals surface area contributed by atoms with Crippen molar-refractivity contribution < 1.29 is 18.7 Å². The fourth-order valence-electron chi connectivity index (χ4n) is 2.58. The second-order valence-electron chi connectivity index (χ2n) is 5.81. The van der Waals surface area contributed by atoms with Crippen molar-refractivity contribution >= 4 is 17.2 Å². The Morgan fingerprint density at radius 2 is 1.81 bits per heavy atom. The van der Waals surface area contributed by atoms with E-state index in [9.17, 15) is 9.18 Å². The third-order valence-electron chi connectivity index (χ3n) is 4.00. The van der Waals surface area contributed by atoms with E-state index in [0.717, 1.165) is 11.1 Å². The van der Waals surface area contributed by atoms with Gasteiger partial charge in [-0.15, -0.1) is 11.3 Å². The van der Waals surface area contributed by atoms with Crippen LogP contribution in [0.15, 0.2) is 42.5 Å². The summed E-state index contributed by atoms with van der Waals surface area (Å²) >= 11 is 1.29. The molecule has 0 unspecified atom stereocenters. The lowest BCUT2D eigenvalue weighted by Gasteiger charge is -2.10. The molecule has 0 radical (unpaired) electrons. The van der Waals surface area contributed by atoms with Crippen molar-refractivity contribution in [2.75, 3.05) is 14.2 Å². The lowest BCUT2D eigenvalue weighted by molar-refractivity contribution is 0.0954. The summed E-state index contributed by atoms with van der Waals surface area (Å²) in [5.41, 5.74) is 2.31. The second kappa shape index (κ2) is 8.18. The zero-order valence-electron chi connectivity index (χ0n) is 15.2. The van der Waals surface area contributed by atoms with Crippen molar-refractivity contribution in [3.63, 3.8) is 0 Å². The standard InChI is InChI=1S/C20H19FN2O3S/c1-12-18(27-20(23-12)14-5-7-15(21)8-6-14)19(24)22-11-13-4-9-16(25-2)17(10-13)26-3/h4-10H,11H2,1-3H3,(H,22,24). The van der Waals surface area contributed by atoms with Crippen LogP contribution in [-0.2, 0) is 6.54 Å². The van der Waals surface area contributed by atoms with E-state index >= 15 is 0 Å². The van der Waals surface area contributed by atoms with Crippen LogP contribution in [0.1, 0.15) is 20.9 Å². The molecule has 0 saturated carbocycles. The molecule has 0 aliphatic rings. The number of ether oxygens (including phenoxy) is 2. The second-order valence-corrected chi connectivity index (χ2v) is 6.81. The summed E-state index contributed by atoms with van der Waals surface area (Å²) in [4.78, 5) is 17.5. The molecule has 5 nitrogen and oxygen atoms in total. The third kappa shape index (κ3) is 4.25. The summed E-state index contributed by atoms with van der Waals surface area (Å²) in [6, 6.07) is 11.5. The molecule has 0 fully saturated rings. The number of hydrogen-bond donors (Lipinski definition) is 1. The van der Waals surface area contributed by atoms with Crippen LogP contribution in [0.3, 0.4) is 0 Å². The molecule has 0 spiro atoms. The normalized spacial score (nSPS) is 10.5. The summed E-state index contributed by atoms with van der Waals surface area (Å²) in [6.45, 7) is 2.14. The number of benzene rings is 2. The molecule has 7 heteroatoms. The third-order valence-corrected chi connectivity index (χ3v) is 5.20. The van der Waals surface area contributed by atoms with Gasteiger partial charge in [0.25, 0.3) is 5.91 Å². The first-order valence-corrected chi connectivity index (χ1v) is 9.06. The largest absolute Gasteiger partial charge is 0.493 e. The molecule has 0 aliphatic heterocycles. The molecular formula is C20H19FN2O3S. The summed E-state index contributed by atoms with van der Waals surface area (Å²) in [5, 5.41) is 3.58. The monoisotopic (exact) mass is 386 g/mol. The van der Waals surface area contributed by atoms with Crippen LogP contribution in [0.4, 0.5) is 4.39 Å². The minimum absolute atomic E-state index is 0.201. The quantitative estimate of drug-likeness (QED) is 0.690. The molecule has 27 heavy (non-hydrogen) atoms. The Hall–Kier alpha value is -2.93. The number of methoxy groups -OCH3 is 2. The Morgan fingerprint density at radius 1 is 1.11 bits per heavy atom. The van der Waals surface area contributed by atoms with Crippen molar-refractivity contribution in [1.82, 2.24) is 10.3 Å². The Kier molecular flexibility index (Phi) is 5.71. The van der Waals surface area contributed by atoms with Crippen LogP contribution >= 0.6 is 11.3 Å². The summed E-state index contributed by atoms with van der Waals surface area (Å²) in [5.74, 6) is 0.736. The lowest BCUT2D eigenvalue weighted by Crippen LogP contribution is -2.22.